The number of halogens is 1. The van der Waals surface area contributed by atoms with Crippen LogP contribution in [0.4, 0.5) is 4.39 Å². The molecule has 0 radical (unpaired) electrons. The van der Waals surface area contributed by atoms with E-state index in [0.29, 0.717) is 18.8 Å². The lowest BCUT2D eigenvalue weighted by Gasteiger charge is -2.10. The standard InChI is InChI=1S/C17H18FNO3/c1-21-17(20)16(19)10-12-4-8-15(9-5-12)22-11-13-2-6-14(18)7-3-13/h2-9,16H,10-11,19H2,1H3/t16-/m0/s1. The first-order chi connectivity index (χ1) is 10.6. The minimum Gasteiger partial charge on any atom is -0.489 e. The Morgan fingerprint density at radius 3 is 2.27 bits per heavy atom. The molecule has 0 aromatic heterocycles. The van der Waals surface area contributed by atoms with Crippen LogP contribution in [0.15, 0.2) is 48.5 Å². The third-order valence-electron chi connectivity index (χ3n) is 3.20. The Morgan fingerprint density at radius 1 is 1.09 bits per heavy atom. The Kier molecular flexibility index (Phi) is 5.49. The number of rotatable bonds is 6. The van der Waals surface area contributed by atoms with Gasteiger partial charge in [0.1, 0.15) is 24.2 Å². The summed E-state index contributed by atoms with van der Waals surface area (Å²) in [6.07, 6.45) is 0.408. The number of carbonyl (C=O) groups is 1. The van der Waals surface area contributed by atoms with E-state index in [1.807, 2.05) is 24.3 Å². The molecule has 1 atom stereocenters. The van der Waals surface area contributed by atoms with Gasteiger partial charge in [-0.25, -0.2) is 4.39 Å². The highest BCUT2D eigenvalue weighted by molar-refractivity contribution is 5.75. The Balaban J connectivity index is 1.89. The van der Waals surface area contributed by atoms with Crippen LogP contribution in [-0.2, 0) is 22.6 Å². The Morgan fingerprint density at radius 2 is 1.68 bits per heavy atom. The zero-order valence-electron chi connectivity index (χ0n) is 12.3. The monoisotopic (exact) mass is 303 g/mol. The number of nitrogens with two attached hydrogens (primary N) is 1. The van der Waals surface area contributed by atoms with Crippen molar-refractivity contribution in [3.63, 3.8) is 0 Å². The molecule has 0 saturated carbocycles. The first-order valence-corrected chi connectivity index (χ1v) is 6.88. The largest absolute Gasteiger partial charge is 0.489 e. The Labute approximate surface area is 128 Å². The average Bonchev–Trinajstić information content (AvgIpc) is 2.55. The van der Waals surface area contributed by atoms with E-state index in [0.717, 1.165) is 11.1 Å². The summed E-state index contributed by atoms with van der Waals surface area (Å²) in [7, 11) is 1.31. The predicted octanol–water partition coefficient (Wildman–Crippen LogP) is 2.45. The molecule has 4 nitrogen and oxygen atoms in total. The smallest absolute Gasteiger partial charge is 0.322 e. The second-order valence-corrected chi connectivity index (χ2v) is 4.89. The second kappa shape index (κ2) is 7.56. The first-order valence-electron chi connectivity index (χ1n) is 6.88. The van der Waals surface area contributed by atoms with Crippen molar-refractivity contribution in [2.75, 3.05) is 7.11 Å². The van der Waals surface area contributed by atoms with Crippen molar-refractivity contribution in [2.24, 2.45) is 5.73 Å². The van der Waals surface area contributed by atoms with E-state index in [-0.39, 0.29) is 5.82 Å². The molecular formula is C17H18FNO3. The molecule has 2 aromatic rings. The maximum absolute atomic E-state index is 12.8. The lowest BCUT2D eigenvalue weighted by molar-refractivity contribution is -0.142. The lowest BCUT2D eigenvalue weighted by Crippen LogP contribution is -2.33. The third-order valence-corrected chi connectivity index (χ3v) is 3.20. The van der Waals surface area contributed by atoms with Crippen LogP contribution in [0.1, 0.15) is 11.1 Å². The van der Waals surface area contributed by atoms with Crippen LogP contribution >= 0.6 is 0 Å². The SMILES string of the molecule is COC(=O)[C@@H](N)Cc1ccc(OCc2ccc(F)cc2)cc1. The summed E-state index contributed by atoms with van der Waals surface area (Å²) in [4.78, 5) is 11.3. The van der Waals surface area contributed by atoms with Crippen LogP contribution < -0.4 is 10.5 Å². The van der Waals surface area contributed by atoms with Crippen molar-refractivity contribution < 1.29 is 18.7 Å². The van der Waals surface area contributed by atoms with Crippen molar-refractivity contribution in [3.8, 4) is 5.75 Å². The second-order valence-electron chi connectivity index (χ2n) is 4.89. The van der Waals surface area contributed by atoms with Gasteiger partial charge >= 0.3 is 5.97 Å². The quantitative estimate of drug-likeness (QED) is 0.833. The van der Waals surface area contributed by atoms with Crippen LogP contribution in [0.3, 0.4) is 0 Å². The van der Waals surface area contributed by atoms with Crippen molar-refractivity contribution in [1.82, 2.24) is 0 Å². The fourth-order valence-electron chi connectivity index (χ4n) is 1.96. The molecule has 0 aliphatic rings. The maximum atomic E-state index is 12.8. The Bertz CT molecular complexity index is 611. The normalized spacial score (nSPS) is 11.8. The highest BCUT2D eigenvalue weighted by atomic mass is 19.1. The van der Waals surface area contributed by atoms with Crippen LogP contribution in [0.2, 0.25) is 0 Å². The van der Waals surface area contributed by atoms with Gasteiger partial charge in [0.05, 0.1) is 7.11 Å². The average molecular weight is 303 g/mol. The highest BCUT2D eigenvalue weighted by Gasteiger charge is 2.13. The van der Waals surface area contributed by atoms with Crippen molar-refractivity contribution in [2.45, 2.75) is 19.1 Å². The van der Waals surface area contributed by atoms with Crippen molar-refractivity contribution >= 4 is 5.97 Å². The number of benzene rings is 2. The molecule has 0 heterocycles. The van der Waals surface area contributed by atoms with Gasteiger partial charge in [-0.2, -0.15) is 0 Å². The topological polar surface area (TPSA) is 61.5 Å². The molecule has 0 aliphatic carbocycles. The molecule has 0 saturated heterocycles. The molecule has 22 heavy (non-hydrogen) atoms. The number of methoxy groups -OCH3 is 1. The zero-order chi connectivity index (χ0) is 15.9. The summed E-state index contributed by atoms with van der Waals surface area (Å²) >= 11 is 0. The number of ether oxygens (including phenoxy) is 2. The zero-order valence-corrected chi connectivity index (χ0v) is 12.3. The number of esters is 1. The summed E-state index contributed by atoms with van der Waals surface area (Å²) in [5.74, 6) is -0.00796. The van der Waals surface area contributed by atoms with E-state index in [1.54, 1.807) is 12.1 Å². The number of hydrogen-bond acceptors (Lipinski definition) is 4. The van der Waals surface area contributed by atoms with Gasteiger partial charge in [0.15, 0.2) is 0 Å². The van der Waals surface area contributed by atoms with Crippen molar-refractivity contribution in [1.29, 1.82) is 0 Å². The Hall–Kier alpha value is -2.40. The van der Waals surface area contributed by atoms with E-state index in [1.165, 1.54) is 19.2 Å². The van der Waals surface area contributed by atoms with E-state index >= 15 is 0 Å². The molecule has 0 spiro atoms. The highest BCUT2D eigenvalue weighted by Crippen LogP contribution is 2.15. The van der Waals surface area contributed by atoms with E-state index in [9.17, 15) is 9.18 Å². The van der Waals surface area contributed by atoms with Gasteiger partial charge in [0.2, 0.25) is 0 Å². The van der Waals surface area contributed by atoms with E-state index < -0.39 is 12.0 Å². The fourth-order valence-corrected chi connectivity index (χ4v) is 1.96. The summed E-state index contributed by atoms with van der Waals surface area (Å²) in [6.45, 7) is 0.362. The van der Waals surface area contributed by atoms with Crippen LogP contribution in [-0.4, -0.2) is 19.1 Å². The molecule has 0 bridgehead atoms. The van der Waals surface area contributed by atoms with Gasteiger partial charge in [-0.1, -0.05) is 24.3 Å². The van der Waals surface area contributed by atoms with Gasteiger partial charge in [-0.05, 0) is 41.8 Å². The summed E-state index contributed by atoms with van der Waals surface area (Å²) in [6, 6.07) is 12.8. The van der Waals surface area contributed by atoms with Crippen LogP contribution in [0.5, 0.6) is 5.75 Å². The maximum Gasteiger partial charge on any atom is 0.322 e. The molecular weight excluding hydrogens is 285 g/mol. The van der Waals surface area contributed by atoms with E-state index in [4.69, 9.17) is 10.5 Å². The lowest BCUT2D eigenvalue weighted by atomic mass is 10.1. The van der Waals surface area contributed by atoms with Gasteiger partial charge in [0, 0.05) is 0 Å². The molecule has 5 heteroatoms. The summed E-state index contributed by atoms with van der Waals surface area (Å²) in [5, 5.41) is 0. The molecule has 2 aromatic carbocycles. The minimum absolute atomic E-state index is 0.268. The van der Waals surface area contributed by atoms with Crippen molar-refractivity contribution in [3.05, 3.63) is 65.5 Å². The van der Waals surface area contributed by atoms with Crippen LogP contribution in [0.25, 0.3) is 0 Å². The van der Waals surface area contributed by atoms with Gasteiger partial charge in [0.25, 0.3) is 0 Å². The molecule has 0 amide bonds. The van der Waals surface area contributed by atoms with Gasteiger partial charge < -0.3 is 15.2 Å². The first kappa shape index (κ1) is 16.0. The molecule has 0 fully saturated rings. The number of hydrogen-bond donors (Lipinski definition) is 1. The third kappa shape index (κ3) is 4.56. The van der Waals surface area contributed by atoms with Gasteiger partial charge in [-0.3, -0.25) is 4.79 Å². The van der Waals surface area contributed by atoms with Crippen LogP contribution in [0, 0.1) is 5.82 Å². The molecule has 116 valence electrons. The predicted molar refractivity (Wildman–Crippen MR) is 80.9 cm³/mol. The molecule has 2 N–H and O–H groups in total. The summed E-state index contributed by atoms with van der Waals surface area (Å²) < 4.78 is 23.0. The number of carbonyl (C=O) groups excluding carboxylic acids is 1. The molecule has 0 unspecified atom stereocenters. The molecule has 2 rings (SSSR count). The van der Waals surface area contributed by atoms with E-state index in [2.05, 4.69) is 4.74 Å². The minimum atomic E-state index is -0.670. The fraction of sp³-hybridized carbons (Fsp3) is 0.235. The summed E-state index contributed by atoms with van der Waals surface area (Å²) in [5.41, 5.74) is 7.52. The van der Waals surface area contributed by atoms with Gasteiger partial charge in [-0.15, -0.1) is 0 Å². The molecule has 0 aliphatic heterocycles.